The van der Waals surface area contributed by atoms with Gasteiger partial charge in [0.2, 0.25) is 10.0 Å². The fraction of sp³-hybridized carbons (Fsp3) is 0.189. The van der Waals surface area contributed by atoms with E-state index in [0.717, 1.165) is 35.0 Å². The van der Waals surface area contributed by atoms with Crippen LogP contribution in [0.1, 0.15) is 30.5 Å². The first kappa shape index (κ1) is 37.5. The second kappa shape index (κ2) is 17.9. The van der Waals surface area contributed by atoms with Crippen molar-refractivity contribution in [2.45, 2.75) is 38.8 Å². The van der Waals surface area contributed by atoms with Crippen LogP contribution in [0.4, 0.5) is 0 Å². The van der Waals surface area contributed by atoms with Gasteiger partial charge >= 0.3 is 0 Å². The molecule has 6 nitrogen and oxygen atoms in total. The molecule has 6 aromatic rings. The van der Waals surface area contributed by atoms with E-state index in [1.165, 1.54) is 22.1 Å². The molecule has 0 aliphatic carbocycles. The average molecular weight is 743 g/mol. The molecule has 0 saturated carbocycles. The second-order valence-corrected chi connectivity index (χ2v) is 14.2. The standard InChI is InChI=1S/C18H16Cl2N2O2S.C10H7Cl2N.C9H13N/c1-2-22(12-13-6-4-3-5-7-13)25(23,24)14-8-9-15-16(10-14)18(20)21-11-17(15)19;1-6-2-3-7-8(4-6)10(12)13-5-9(7)11;1-2-10-8-9-6-4-3-5-7-9/h3-11H,2,12H2,1H3;2-5H,1H3;3-7,10H,2,8H2,1H3. The van der Waals surface area contributed by atoms with Gasteiger partial charge in [0.1, 0.15) is 10.3 Å². The predicted molar refractivity (Wildman–Crippen MR) is 202 cm³/mol. The number of fused-ring (bicyclic) bond motifs is 2. The molecule has 1 N–H and O–H groups in total. The van der Waals surface area contributed by atoms with Crippen molar-refractivity contribution in [3.63, 3.8) is 0 Å². The van der Waals surface area contributed by atoms with Crippen LogP contribution in [0.3, 0.4) is 0 Å². The van der Waals surface area contributed by atoms with Gasteiger partial charge in [-0.05, 0) is 42.8 Å². The van der Waals surface area contributed by atoms with Gasteiger partial charge in [-0.25, -0.2) is 18.4 Å². The smallest absolute Gasteiger partial charge is 0.243 e. The van der Waals surface area contributed by atoms with Gasteiger partial charge in [0, 0.05) is 53.6 Å². The van der Waals surface area contributed by atoms with Crippen LogP contribution in [0.2, 0.25) is 20.4 Å². The van der Waals surface area contributed by atoms with Gasteiger partial charge in [0.15, 0.2) is 0 Å². The van der Waals surface area contributed by atoms with Gasteiger partial charge in [0.25, 0.3) is 0 Å². The molecule has 4 aromatic carbocycles. The molecule has 0 spiro atoms. The van der Waals surface area contributed by atoms with Crippen molar-refractivity contribution < 1.29 is 8.42 Å². The van der Waals surface area contributed by atoms with Crippen molar-refractivity contribution in [1.82, 2.24) is 19.6 Å². The summed E-state index contributed by atoms with van der Waals surface area (Å²) in [6.07, 6.45) is 3.02. The first-order valence-electron chi connectivity index (χ1n) is 15.3. The Morgan fingerprint density at radius 1 is 0.667 bits per heavy atom. The summed E-state index contributed by atoms with van der Waals surface area (Å²) < 4.78 is 27.5. The summed E-state index contributed by atoms with van der Waals surface area (Å²) in [6, 6.07) is 30.6. The summed E-state index contributed by atoms with van der Waals surface area (Å²) in [6.45, 7) is 8.62. The van der Waals surface area contributed by atoms with Crippen LogP contribution in [0, 0.1) is 6.92 Å². The molecule has 0 aliphatic heterocycles. The Morgan fingerprint density at radius 2 is 1.19 bits per heavy atom. The highest BCUT2D eigenvalue weighted by Gasteiger charge is 2.24. The lowest BCUT2D eigenvalue weighted by molar-refractivity contribution is 0.423. The fourth-order valence-electron chi connectivity index (χ4n) is 4.77. The van der Waals surface area contributed by atoms with E-state index in [2.05, 4.69) is 46.5 Å². The third-order valence-electron chi connectivity index (χ3n) is 7.32. The van der Waals surface area contributed by atoms with E-state index in [1.54, 1.807) is 18.3 Å². The highest BCUT2D eigenvalue weighted by Crippen LogP contribution is 2.31. The summed E-state index contributed by atoms with van der Waals surface area (Å²) in [5.41, 5.74) is 3.43. The molecule has 0 radical (unpaired) electrons. The number of sulfonamides is 1. The van der Waals surface area contributed by atoms with Gasteiger partial charge in [-0.15, -0.1) is 0 Å². The number of aromatic nitrogens is 2. The lowest BCUT2D eigenvalue weighted by atomic mass is 10.1. The number of hydrogen-bond donors (Lipinski definition) is 1. The van der Waals surface area contributed by atoms with Crippen molar-refractivity contribution in [3.05, 3.63) is 146 Å². The molecule has 48 heavy (non-hydrogen) atoms. The van der Waals surface area contributed by atoms with Crippen LogP contribution < -0.4 is 5.32 Å². The Balaban J connectivity index is 0.000000187. The first-order chi connectivity index (χ1) is 23.0. The van der Waals surface area contributed by atoms with Crippen LogP contribution in [0.5, 0.6) is 0 Å². The minimum Gasteiger partial charge on any atom is -0.313 e. The second-order valence-electron chi connectivity index (χ2n) is 10.7. The minimum atomic E-state index is -3.67. The number of aryl methyl sites for hydroxylation is 1. The Bertz CT molecular complexity index is 2070. The summed E-state index contributed by atoms with van der Waals surface area (Å²) in [7, 11) is -3.67. The molecule has 0 bridgehead atoms. The number of hydrogen-bond acceptors (Lipinski definition) is 5. The maximum atomic E-state index is 13.0. The topological polar surface area (TPSA) is 75.2 Å². The molecule has 0 aliphatic rings. The third-order valence-corrected chi connectivity index (χ3v) is 10.4. The van der Waals surface area contributed by atoms with Gasteiger partial charge in [-0.1, -0.05) is 145 Å². The van der Waals surface area contributed by atoms with Gasteiger partial charge < -0.3 is 5.32 Å². The molecule has 6 rings (SSSR count). The molecule has 250 valence electrons. The number of nitrogens with zero attached hydrogens (tertiary/aromatic N) is 3. The lowest BCUT2D eigenvalue weighted by Crippen LogP contribution is -2.30. The molecule has 2 heterocycles. The molecule has 0 amide bonds. The van der Waals surface area contributed by atoms with Crippen molar-refractivity contribution >= 4 is 78.0 Å². The van der Waals surface area contributed by atoms with E-state index < -0.39 is 10.0 Å². The van der Waals surface area contributed by atoms with Crippen LogP contribution in [0.15, 0.2) is 114 Å². The van der Waals surface area contributed by atoms with Gasteiger partial charge in [-0.3, -0.25) is 0 Å². The maximum absolute atomic E-state index is 13.0. The van der Waals surface area contributed by atoms with E-state index in [4.69, 9.17) is 46.4 Å². The van der Waals surface area contributed by atoms with Gasteiger partial charge in [0.05, 0.1) is 14.9 Å². The van der Waals surface area contributed by atoms with E-state index in [9.17, 15) is 8.42 Å². The normalized spacial score (nSPS) is 11.2. The van der Waals surface area contributed by atoms with E-state index in [0.29, 0.717) is 39.1 Å². The van der Waals surface area contributed by atoms with Crippen LogP contribution in [0.25, 0.3) is 21.5 Å². The van der Waals surface area contributed by atoms with Crippen LogP contribution in [-0.2, 0) is 23.1 Å². The van der Waals surface area contributed by atoms with Crippen LogP contribution in [-0.4, -0.2) is 35.8 Å². The Labute approximate surface area is 302 Å². The fourth-order valence-corrected chi connectivity index (χ4v) is 7.07. The average Bonchev–Trinajstić information content (AvgIpc) is 3.11. The molecule has 0 saturated heterocycles. The molecular formula is C37H36Cl4N4O2S. The molecule has 0 atom stereocenters. The summed E-state index contributed by atoms with van der Waals surface area (Å²) in [5, 5.41) is 8.12. The van der Waals surface area contributed by atoms with Crippen molar-refractivity contribution in [2.24, 2.45) is 0 Å². The zero-order valence-electron chi connectivity index (χ0n) is 26.8. The molecule has 0 unspecified atom stereocenters. The largest absolute Gasteiger partial charge is 0.313 e. The Hall–Kier alpha value is -3.27. The number of nitrogens with one attached hydrogen (secondary N) is 1. The predicted octanol–water partition coefficient (Wildman–Crippen LogP) is 10.4. The van der Waals surface area contributed by atoms with Crippen molar-refractivity contribution in [2.75, 3.05) is 13.1 Å². The van der Waals surface area contributed by atoms with E-state index in [-0.39, 0.29) is 10.0 Å². The van der Waals surface area contributed by atoms with Crippen LogP contribution >= 0.6 is 46.4 Å². The SMILES string of the molecule is CCN(Cc1ccccc1)S(=O)(=O)c1ccc2c(Cl)cnc(Cl)c2c1.CCNCc1ccccc1.Cc1ccc2c(Cl)cnc(Cl)c2c1. The lowest BCUT2D eigenvalue weighted by Gasteiger charge is -2.21. The van der Waals surface area contributed by atoms with Gasteiger partial charge in [-0.2, -0.15) is 4.31 Å². The zero-order valence-corrected chi connectivity index (χ0v) is 30.6. The third kappa shape index (κ3) is 9.89. The number of rotatable bonds is 8. The molecular weight excluding hydrogens is 706 g/mol. The van der Waals surface area contributed by atoms with E-state index >= 15 is 0 Å². The van der Waals surface area contributed by atoms with Crippen molar-refractivity contribution in [1.29, 1.82) is 0 Å². The number of pyridine rings is 2. The van der Waals surface area contributed by atoms with Crippen molar-refractivity contribution in [3.8, 4) is 0 Å². The Morgan fingerprint density at radius 3 is 1.73 bits per heavy atom. The molecule has 11 heteroatoms. The summed E-state index contributed by atoms with van der Waals surface area (Å²) >= 11 is 24.1. The van der Waals surface area contributed by atoms with E-state index in [1.807, 2.05) is 68.4 Å². The monoisotopic (exact) mass is 740 g/mol. The summed E-state index contributed by atoms with van der Waals surface area (Å²) in [5.74, 6) is 0. The summed E-state index contributed by atoms with van der Waals surface area (Å²) in [4.78, 5) is 8.14. The molecule has 0 fully saturated rings. The highest BCUT2D eigenvalue weighted by atomic mass is 35.5. The maximum Gasteiger partial charge on any atom is 0.243 e. The first-order valence-corrected chi connectivity index (χ1v) is 18.2. The molecule has 2 aromatic heterocycles. The number of benzene rings is 4. The highest BCUT2D eigenvalue weighted by molar-refractivity contribution is 7.89. The minimum absolute atomic E-state index is 0.170. The quantitative estimate of drug-likeness (QED) is 0.157. The Kier molecular flexibility index (Phi) is 14.0. The zero-order chi connectivity index (χ0) is 34.7. The number of halogens is 4.